The summed E-state index contributed by atoms with van der Waals surface area (Å²) in [5.41, 5.74) is 2.16. The van der Waals surface area contributed by atoms with E-state index in [1.807, 2.05) is 26.0 Å². The fraction of sp³-hybridized carbons (Fsp3) is 0.615. The molecule has 0 aliphatic heterocycles. The lowest BCUT2D eigenvalue weighted by molar-refractivity contribution is 0.494. The average molecular weight is 270 g/mol. The maximum absolute atomic E-state index is 11.1. The summed E-state index contributed by atoms with van der Waals surface area (Å²) in [5.74, 6) is 0.237. The fourth-order valence-electron chi connectivity index (χ4n) is 1.99. The lowest BCUT2D eigenvalue weighted by Crippen LogP contribution is -2.23. The summed E-state index contributed by atoms with van der Waals surface area (Å²) in [6.07, 6.45) is 4.51. The van der Waals surface area contributed by atoms with E-state index >= 15 is 0 Å². The molecule has 1 unspecified atom stereocenters. The Morgan fingerprint density at radius 2 is 2.17 bits per heavy atom. The van der Waals surface area contributed by atoms with Gasteiger partial charge in [0.05, 0.1) is 5.69 Å². The van der Waals surface area contributed by atoms with Crippen molar-refractivity contribution in [3.05, 3.63) is 29.6 Å². The molecule has 4 nitrogen and oxygen atoms in total. The van der Waals surface area contributed by atoms with E-state index < -0.39 is 9.84 Å². The molecule has 1 N–H and O–H groups in total. The molecule has 0 spiro atoms. The number of nitrogens with one attached hydrogen (secondary N) is 1. The van der Waals surface area contributed by atoms with E-state index in [0.29, 0.717) is 6.42 Å². The highest BCUT2D eigenvalue weighted by molar-refractivity contribution is 7.90. The minimum Gasteiger partial charge on any atom is -0.309 e. The fourth-order valence-corrected chi connectivity index (χ4v) is 2.69. The first-order chi connectivity index (χ1) is 8.44. The van der Waals surface area contributed by atoms with Crippen LogP contribution in [0.4, 0.5) is 0 Å². The predicted octanol–water partition coefficient (Wildman–Crippen LogP) is 1.87. The molecule has 0 amide bonds. The number of aromatic nitrogens is 1. The Morgan fingerprint density at radius 1 is 1.44 bits per heavy atom. The molecule has 0 aliphatic rings. The Morgan fingerprint density at radius 3 is 2.72 bits per heavy atom. The molecule has 1 aromatic rings. The summed E-state index contributed by atoms with van der Waals surface area (Å²) in [6.45, 7) is 4.92. The second kappa shape index (κ2) is 6.85. The van der Waals surface area contributed by atoms with Crippen LogP contribution in [0, 0.1) is 6.92 Å². The van der Waals surface area contributed by atoms with Crippen LogP contribution in [-0.4, -0.2) is 32.0 Å². The largest absolute Gasteiger partial charge is 0.309 e. The second-order valence-corrected chi connectivity index (χ2v) is 6.85. The summed E-state index contributed by atoms with van der Waals surface area (Å²) < 4.78 is 22.3. The lowest BCUT2D eigenvalue weighted by Gasteiger charge is -2.18. The Balaban J connectivity index is 2.69. The van der Waals surface area contributed by atoms with Gasteiger partial charge in [-0.3, -0.25) is 4.98 Å². The summed E-state index contributed by atoms with van der Waals surface area (Å²) in [6, 6.07) is 4.08. The first-order valence-corrected chi connectivity index (χ1v) is 8.32. The Hall–Kier alpha value is -0.940. The van der Waals surface area contributed by atoms with E-state index in [4.69, 9.17) is 0 Å². The van der Waals surface area contributed by atoms with E-state index in [1.54, 1.807) is 6.20 Å². The van der Waals surface area contributed by atoms with Gasteiger partial charge in [0.15, 0.2) is 0 Å². The van der Waals surface area contributed by atoms with Gasteiger partial charge < -0.3 is 5.32 Å². The van der Waals surface area contributed by atoms with Crippen LogP contribution in [0.15, 0.2) is 18.3 Å². The highest BCUT2D eigenvalue weighted by Crippen LogP contribution is 2.19. The van der Waals surface area contributed by atoms with Gasteiger partial charge in [-0.05, 0) is 37.9 Å². The van der Waals surface area contributed by atoms with Crippen molar-refractivity contribution in [2.45, 2.75) is 32.7 Å². The summed E-state index contributed by atoms with van der Waals surface area (Å²) in [7, 11) is -2.88. The van der Waals surface area contributed by atoms with Gasteiger partial charge in [-0.15, -0.1) is 0 Å². The number of pyridine rings is 1. The third-order valence-corrected chi connectivity index (χ3v) is 3.87. The van der Waals surface area contributed by atoms with Crippen LogP contribution in [0.3, 0.4) is 0 Å². The smallest absolute Gasteiger partial charge is 0.147 e. The minimum atomic E-state index is -2.88. The minimum absolute atomic E-state index is 0.137. The van der Waals surface area contributed by atoms with Crippen molar-refractivity contribution in [1.82, 2.24) is 10.3 Å². The molecule has 0 saturated heterocycles. The van der Waals surface area contributed by atoms with Crippen LogP contribution < -0.4 is 5.32 Å². The van der Waals surface area contributed by atoms with Crippen molar-refractivity contribution in [2.75, 3.05) is 18.6 Å². The third-order valence-electron chi connectivity index (χ3n) is 2.84. The molecule has 18 heavy (non-hydrogen) atoms. The zero-order valence-corrected chi connectivity index (χ0v) is 12.1. The molecule has 0 saturated carbocycles. The average Bonchev–Trinajstić information content (AvgIpc) is 2.27. The van der Waals surface area contributed by atoms with Gasteiger partial charge in [-0.25, -0.2) is 8.42 Å². The van der Waals surface area contributed by atoms with Crippen molar-refractivity contribution in [1.29, 1.82) is 0 Å². The molecule has 1 atom stereocenters. The van der Waals surface area contributed by atoms with E-state index in [9.17, 15) is 8.42 Å². The molecule has 1 aromatic heterocycles. The van der Waals surface area contributed by atoms with Crippen LogP contribution in [0.5, 0.6) is 0 Å². The highest BCUT2D eigenvalue weighted by Gasteiger charge is 2.14. The van der Waals surface area contributed by atoms with Crippen molar-refractivity contribution >= 4 is 9.84 Å². The maximum atomic E-state index is 11.1. The van der Waals surface area contributed by atoms with E-state index in [1.165, 1.54) is 6.26 Å². The Bertz CT molecular complexity index is 472. The predicted molar refractivity (Wildman–Crippen MR) is 74.3 cm³/mol. The van der Waals surface area contributed by atoms with Crippen LogP contribution in [-0.2, 0) is 9.84 Å². The SMILES string of the molecule is CCNC(CCCS(C)(=O)=O)c1ncccc1C. The molecular formula is C13H22N2O2S. The number of aryl methyl sites for hydroxylation is 1. The summed E-state index contributed by atoms with van der Waals surface area (Å²) in [4.78, 5) is 4.40. The Kier molecular flexibility index (Phi) is 5.75. The number of hydrogen-bond donors (Lipinski definition) is 1. The first kappa shape index (κ1) is 15.1. The molecule has 1 rings (SSSR count). The van der Waals surface area contributed by atoms with Crippen molar-refractivity contribution < 1.29 is 8.42 Å². The number of sulfone groups is 1. The number of hydrogen-bond acceptors (Lipinski definition) is 4. The molecular weight excluding hydrogens is 248 g/mol. The molecule has 1 heterocycles. The Labute approximate surface area is 110 Å². The van der Waals surface area contributed by atoms with Gasteiger partial charge in [0.25, 0.3) is 0 Å². The molecule has 0 radical (unpaired) electrons. The standard InChI is InChI=1S/C13H22N2O2S/c1-4-14-12(8-6-10-18(3,16)17)13-11(2)7-5-9-15-13/h5,7,9,12,14H,4,6,8,10H2,1-3H3. The highest BCUT2D eigenvalue weighted by atomic mass is 32.2. The van der Waals surface area contributed by atoms with Crippen molar-refractivity contribution in [3.63, 3.8) is 0 Å². The quantitative estimate of drug-likeness (QED) is 0.821. The van der Waals surface area contributed by atoms with Gasteiger partial charge >= 0.3 is 0 Å². The summed E-state index contributed by atoms with van der Waals surface area (Å²) >= 11 is 0. The zero-order valence-electron chi connectivity index (χ0n) is 11.3. The first-order valence-electron chi connectivity index (χ1n) is 6.26. The normalized spacial score (nSPS) is 13.5. The summed E-state index contributed by atoms with van der Waals surface area (Å²) in [5, 5.41) is 3.37. The molecule has 102 valence electrons. The monoisotopic (exact) mass is 270 g/mol. The molecule has 0 aromatic carbocycles. The number of rotatable bonds is 7. The molecule has 0 bridgehead atoms. The van der Waals surface area contributed by atoms with E-state index in [0.717, 1.165) is 24.2 Å². The van der Waals surface area contributed by atoms with Crippen LogP contribution >= 0.6 is 0 Å². The lowest BCUT2D eigenvalue weighted by atomic mass is 10.0. The topological polar surface area (TPSA) is 59.1 Å². The maximum Gasteiger partial charge on any atom is 0.147 e. The van der Waals surface area contributed by atoms with Gasteiger partial charge in [0, 0.05) is 24.2 Å². The van der Waals surface area contributed by atoms with Crippen molar-refractivity contribution in [3.8, 4) is 0 Å². The van der Waals surface area contributed by atoms with Gasteiger partial charge in [-0.2, -0.15) is 0 Å². The molecule has 0 aliphatic carbocycles. The van der Waals surface area contributed by atoms with Crippen LogP contribution in [0.2, 0.25) is 0 Å². The van der Waals surface area contributed by atoms with Crippen LogP contribution in [0.25, 0.3) is 0 Å². The molecule has 5 heteroatoms. The van der Waals surface area contributed by atoms with Gasteiger partial charge in [-0.1, -0.05) is 13.0 Å². The van der Waals surface area contributed by atoms with Gasteiger partial charge in [0.2, 0.25) is 0 Å². The third kappa shape index (κ3) is 5.14. The van der Waals surface area contributed by atoms with E-state index in [-0.39, 0.29) is 11.8 Å². The van der Waals surface area contributed by atoms with Crippen molar-refractivity contribution in [2.24, 2.45) is 0 Å². The van der Waals surface area contributed by atoms with E-state index in [2.05, 4.69) is 10.3 Å². The number of nitrogens with zero attached hydrogens (tertiary/aromatic N) is 1. The van der Waals surface area contributed by atoms with Crippen LogP contribution in [0.1, 0.15) is 37.1 Å². The second-order valence-electron chi connectivity index (χ2n) is 4.59. The molecule has 0 fully saturated rings. The van der Waals surface area contributed by atoms with Gasteiger partial charge in [0.1, 0.15) is 9.84 Å². The zero-order chi connectivity index (χ0) is 13.6.